The summed E-state index contributed by atoms with van der Waals surface area (Å²) < 4.78 is 5.96. The van der Waals surface area contributed by atoms with Gasteiger partial charge in [0.2, 0.25) is 0 Å². The van der Waals surface area contributed by atoms with Crippen molar-refractivity contribution < 1.29 is 14.5 Å². The molecule has 66 valence electrons. The lowest BCUT2D eigenvalue weighted by molar-refractivity contribution is 0.466. The number of aromatic hydroxyl groups is 1. The Kier molecular flexibility index (Phi) is 2.05. The molecule has 0 saturated carbocycles. The highest BCUT2D eigenvalue weighted by Gasteiger charge is 2.08. The van der Waals surface area contributed by atoms with E-state index in [1.54, 1.807) is 12.1 Å². The molecule has 2 N–H and O–H groups in total. The molecule has 0 saturated heterocycles. The Morgan fingerprint density at radius 1 is 1.31 bits per heavy atom. The molecule has 0 amide bonds. The van der Waals surface area contributed by atoms with Gasteiger partial charge in [-0.2, -0.15) is 0 Å². The quantitative estimate of drug-likeness (QED) is 0.728. The molecule has 1 aromatic carbocycles. The van der Waals surface area contributed by atoms with Crippen LogP contribution >= 0.6 is 15.9 Å². The minimum absolute atomic E-state index is 0.0732. The Bertz CT molecular complexity index is 452. The second-order valence-corrected chi connectivity index (χ2v) is 3.63. The van der Waals surface area contributed by atoms with Crippen molar-refractivity contribution >= 4 is 40.0 Å². The van der Waals surface area contributed by atoms with Gasteiger partial charge in [-0.05, 0) is 18.2 Å². The maximum absolute atomic E-state index is 9.46. The zero-order valence-electron chi connectivity index (χ0n) is 6.62. The van der Waals surface area contributed by atoms with Gasteiger partial charge in [-0.25, -0.2) is 0 Å². The number of hydrogen-bond donors (Lipinski definition) is 2. The number of phenols is 1. The largest absolute Gasteiger partial charge is 0.504 e. The van der Waals surface area contributed by atoms with Crippen molar-refractivity contribution in [3.8, 4) is 5.75 Å². The highest BCUT2D eigenvalue weighted by molar-refractivity contribution is 9.10. The Morgan fingerprint density at radius 3 is 2.77 bits per heavy atom. The van der Waals surface area contributed by atoms with Crippen molar-refractivity contribution in [2.24, 2.45) is 0 Å². The minimum atomic E-state index is -0.161. The van der Waals surface area contributed by atoms with Crippen molar-refractivity contribution in [1.82, 2.24) is 0 Å². The number of hydrogen-bond acceptors (Lipinski definition) is 3. The van der Waals surface area contributed by atoms with E-state index in [1.165, 1.54) is 0 Å². The summed E-state index contributed by atoms with van der Waals surface area (Å²) >= 11 is 3.25. The van der Waals surface area contributed by atoms with Crippen molar-refractivity contribution in [1.29, 1.82) is 0 Å². The van der Waals surface area contributed by atoms with E-state index in [0.29, 0.717) is 11.2 Å². The Morgan fingerprint density at radius 2 is 2.08 bits per heavy atom. The van der Waals surface area contributed by atoms with Crippen LogP contribution in [0.25, 0.3) is 11.0 Å². The third-order valence-corrected chi connectivity index (χ3v) is 2.23. The molecule has 1 aromatic heterocycles. The van der Waals surface area contributed by atoms with E-state index in [4.69, 9.17) is 9.44 Å². The van der Waals surface area contributed by atoms with Crippen LogP contribution in [0.15, 0.2) is 27.1 Å². The first-order valence-electron chi connectivity index (χ1n) is 3.72. The average Bonchev–Trinajstić information content (AvgIpc) is 2.47. The topological polar surface area (TPSA) is 53.6 Å². The van der Waals surface area contributed by atoms with E-state index in [1.807, 2.05) is 6.07 Å². The lowest BCUT2D eigenvalue weighted by atomic mass is 9.98. The van der Waals surface area contributed by atoms with Gasteiger partial charge in [0, 0.05) is 9.86 Å². The fourth-order valence-corrected chi connectivity index (χ4v) is 1.69. The third-order valence-electron chi connectivity index (χ3n) is 1.77. The number of furan rings is 1. The first kappa shape index (κ1) is 8.65. The lowest BCUT2D eigenvalue weighted by Crippen LogP contribution is -2.08. The minimum Gasteiger partial charge on any atom is -0.504 e. The van der Waals surface area contributed by atoms with Crippen molar-refractivity contribution in [2.45, 2.75) is 0 Å². The molecule has 0 aliphatic rings. The summed E-state index contributed by atoms with van der Waals surface area (Å²) in [5.74, 6) is 0.0732. The summed E-state index contributed by atoms with van der Waals surface area (Å²) in [6.07, 6.45) is 0. The smallest absolute Gasteiger partial charge is 0.347 e. The van der Waals surface area contributed by atoms with E-state index in [9.17, 15) is 5.11 Å². The molecular formula is C8H6BBrO3. The van der Waals surface area contributed by atoms with E-state index in [-0.39, 0.29) is 13.2 Å². The summed E-state index contributed by atoms with van der Waals surface area (Å²) in [5, 5.41) is 19.0. The van der Waals surface area contributed by atoms with Crippen molar-refractivity contribution in [3.05, 3.63) is 22.7 Å². The maximum atomic E-state index is 9.46. The number of halogens is 1. The van der Waals surface area contributed by atoms with Crippen LogP contribution in [0.5, 0.6) is 5.75 Å². The summed E-state index contributed by atoms with van der Waals surface area (Å²) in [4.78, 5) is 0. The van der Waals surface area contributed by atoms with Crippen LogP contribution in [-0.2, 0) is 0 Å². The van der Waals surface area contributed by atoms with Gasteiger partial charge in [-0.3, -0.25) is 0 Å². The van der Waals surface area contributed by atoms with Crippen LogP contribution in [-0.4, -0.2) is 17.6 Å². The number of fused-ring (bicyclic) bond motifs is 1. The van der Waals surface area contributed by atoms with Gasteiger partial charge in [0.25, 0.3) is 0 Å². The molecular weight excluding hydrogens is 235 g/mol. The van der Waals surface area contributed by atoms with Crippen molar-refractivity contribution in [2.75, 3.05) is 0 Å². The van der Waals surface area contributed by atoms with Gasteiger partial charge >= 0.3 is 7.48 Å². The van der Waals surface area contributed by atoms with Gasteiger partial charge in [-0.1, -0.05) is 15.9 Å². The Hall–Kier alpha value is -0.935. The van der Waals surface area contributed by atoms with Gasteiger partial charge < -0.3 is 14.5 Å². The highest BCUT2D eigenvalue weighted by Crippen LogP contribution is 2.28. The molecule has 0 fully saturated rings. The van der Waals surface area contributed by atoms with Gasteiger partial charge in [0.15, 0.2) is 11.3 Å². The van der Waals surface area contributed by atoms with Gasteiger partial charge in [0.05, 0.1) is 5.66 Å². The summed E-state index contributed by atoms with van der Waals surface area (Å²) in [6, 6.07) is 5.06. The number of benzene rings is 1. The molecule has 0 bridgehead atoms. The molecule has 0 atom stereocenters. The van der Waals surface area contributed by atoms with Crippen LogP contribution < -0.4 is 5.66 Å². The van der Waals surface area contributed by atoms with Crippen LogP contribution in [0.4, 0.5) is 0 Å². The third kappa shape index (κ3) is 1.45. The zero-order valence-corrected chi connectivity index (χ0v) is 8.21. The molecule has 0 unspecified atom stereocenters. The standard InChI is InChI=1S/C8H6BBrO3/c10-5-1-4-2-7(9-12)13-8(4)6(11)3-5/h1-3,9,11-12H. The fraction of sp³-hybridized carbons (Fsp3) is 0. The van der Waals surface area contributed by atoms with Crippen molar-refractivity contribution in [3.63, 3.8) is 0 Å². The molecule has 5 heteroatoms. The average molecular weight is 241 g/mol. The normalized spacial score (nSPS) is 10.6. The SMILES string of the molecule is OBc1cc2cc(Br)cc(O)c2o1. The molecule has 2 rings (SSSR count). The fourth-order valence-electron chi connectivity index (χ4n) is 1.23. The van der Waals surface area contributed by atoms with Crippen LogP contribution in [0.1, 0.15) is 0 Å². The van der Waals surface area contributed by atoms with Crippen LogP contribution in [0, 0.1) is 0 Å². The van der Waals surface area contributed by atoms with Crippen LogP contribution in [0.3, 0.4) is 0 Å². The zero-order chi connectivity index (χ0) is 9.42. The second-order valence-electron chi connectivity index (χ2n) is 2.71. The molecule has 3 nitrogen and oxygen atoms in total. The molecule has 0 aliphatic heterocycles. The molecule has 0 spiro atoms. The Labute approximate surface area is 83.4 Å². The summed E-state index contributed by atoms with van der Waals surface area (Å²) in [5.41, 5.74) is 0.857. The summed E-state index contributed by atoms with van der Waals surface area (Å²) in [7, 11) is -0.161. The Balaban J connectivity index is 2.75. The molecule has 0 radical (unpaired) electrons. The van der Waals surface area contributed by atoms with E-state index in [2.05, 4.69) is 15.9 Å². The lowest BCUT2D eigenvalue weighted by Gasteiger charge is -1.94. The predicted octanol–water partition coefficient (Wildman–Crippen LogP) is 0.870. The van der Waals surface area contributed by atoms with E-state index in [0.717, 1.165) is 9.86 Å². The summed E-state index contributed by atoms with van der Waals surface area (Å²) in [6.45, 7) is 0. The monoisotopic (exact) mass is 240 g/mol. The predicted molar refractivity (Wildman–Crippen MR) is 54.6 cm³/mol. The molecule has 2 aromatic rings. The first-order chi connectivity index (χ1) is 6.20. The number of rotatable bonds is 1. The molecule has 1 heterocycles. The molecule has 13 heavy (non-hydrogen) atoms. The highest BCUT2D eigenvalue weighted by atomic mass is 79.9. The van der Waals surface area contributed by atoms with Gasteiger partial charge in [-0.15, -0.1) is 0 Å². The maximum Gasteiger partial charge on any atom is 0.347 e. The first-order valence-corrected chi connectivity index (χ1v) is 4.52. The van der Waals surface area contributed by atoms with E-state index < -0.39 is 0 Å². The van der Waals surface area contributed by atoms with Crippen LogP contribution in [0.2, 0.25) is 0 Å². The second kappa shape index (κ2) is 3.08. The molecule has 0 aliphatic carbocycles. The van der Waals surface area contributed by atoms with Gasteiger partial charge in [0.1, 0.15) is 0 Å². The number of phenolic OH excluding ortho intramolecular Hbond substituents is 1. The van der Waals surface area contributed by atoms with E-state index >= 15 is 0 Å².